The van der Waals surface area contributed by atoms with Crippen LogP contribution in [-0.4, -0.2) is 57.9 Å². The van der Waals surface area contributed by atoms with Crippen molar-refractivity contribution in [1.29, 1.82) is 0 Å². The molecule has 0 fully saturated rings. The molecule has 0 heterocycles. The van der Waals surface area contributed by atoms with Crippen LogP contribution >= 0.6 is 0 Å². The molecular formula is C18H41NO6Si4. The van der Waals surface area contributed by atoms with Crippen LogP contribution in [0.3, 0.4) is 0 Å². The molecule has 0 aromatic heterocycles. The first-order valence-electron chi connectivity index (χ1n) is 10.0. The van der Waals surface area contributed by atoms with Crippen molar-refractivity contribution in [2.24, 2.45) is 0 Å². The average molecular weight is 480 g/mol. The van der Waals surface area contributed by atoms with E-state index in [1.807, 2.05) is 6.92 Å². The molecule has 170 valence electrons. The smallest absolute Gasteiger partial charge is 0.452 e. The summed E-state index contributed by atoms with van der Waals surface area (Å²) in [5.74, 6) is -0.993. The van der Waals surface area contributed by atoms with Gasteiger partial charge in [0, 0.05) is 5.57 Å². The fourth-order valence-corrected chi connectivity index (χ4v) is 16.9. The van der Waals surface area contributed by atoms with Gasteiger partial charge in [-0.25, -0.2) is 4.79 Å². The minimum atomic E-state index is -3.28. The molecule has 7 nitrogen and oxygen atoms in total. The van der Waals surface area contributed by atoms with E-state index in [1.54, 1.807) is 6.92 Å². The van der Waals surface area contributed by atoms with Crippen LogP contribution in [0.1, 0.15) is 20.3 Å². The van der Waals surface area contributed by atoms with Crippen molar-refractivity contribution >= 4 is 45.6 Å². The van der Waals surface area contributed by atoms with Crippen molar-refractivity contribution in [3.8, 4) is 0 Å². The Morgan fingerprint density at radius 1 is 0.862 bits per heavy atom. The summed E-state index contributed by atoms with van der Waals surface area (Å²) < 4.78 is 25.0. The number of carbonyl (C=O) groups excluding carboxylic acids is 2. The van der Waals surface area contributed by atoms with E-state index >= 15 is 0 Å². The number of carbonyl (C=O) groups is 2. The summed E-state index contributed by atoms with van der Waals surface area (Å²) in [6.45, 7) is 25.5. The predicted molar refractivity (Wildman–Crippen MR) is 127 cm³/mol. The maximum atomic E-state index is 12.6. The standard InChI is InChI=1S/C18H41NO6Si4/c1-13-17(19-16(20)14-22-18(21)15(2)3)29(23-26(4,5)6,24-27(7,8)9)25-28(10,11)12/h17H,2,13-14H2,1,3-12H3,(H,19,20). The van der Waals surface area contributed by atoms with Gasteiger partial charge >= 0.3 is 14.8 Å². The van der Waals surface area contributed by atoms with E-state index in [-0.39, 0.29) is 12.2 Å². The Morgan fingerprint density at radius 3 is 1.52 bits per heavy atom. The Labute approximate surface area is 181 Å². The molecule has 0 bridgehead atoms. The number of hydrogen-bond donors (Lipinski definition) is 1. The summed E-state index contributed by atoms with van der Waals surface area (Å²) in [5.41, 5.74) is -0.163. The summed E-state index contributed by atoms with van der Waals surface area (Å²) >= 11 is 0. The highest BCUT2D eigenvalue weighted by atomic mass is 28.5. The van der Waals surface area contributed by atoms with Crippen LogP contribution < -0.4 is 5.32 Å². The Morgan fingerprint density at radius 2 is 1.24 bits per heavy atom. The minimum absolute atomic E-state index is 0.250. The van der Waals surface area contributed by atoms with Gasteiger partial charge in [-0.15, -0.1) is 0 Å². The van der Waals surface area contributed by atoms with Gasteiger partial charge in [-0.1, -0.05) is 13.5 Å². The highest BCUT2D eigenvalue weighted by molar-refractivity contribution is 6.90. The summed E-state index contributed by atoms with van der Waals surface area (Å²) in [5, 5.41) is 2.98. The van der Waals surface area contributed by atoms with Gasteiger partial charge in [0.15, 0.2) is 31.6 Å². The molecule has 0 aromatic rings. The van der Waals surface area contributed by atoms with Gasteiger partial charge in [-0.2, -0.15) is 0 Å². The highest BCUT2D eigenvalue weighted by Crippen LogP contribution is 2.29. The van der Waals surface area contributed by atoms with E-state index in [0.717, 1.165) is 0 Å². The molecule has 1 atom stereocenters. The van der Waals surface area contributed by atoms with Crippen molar-refractivity contribution < 1.29 is 26.7 Å². The van der Waals surface area contributed by atoms with E-state index in [9.17, 15) is 9.59 Å². The molecule has 0 aliphatic rings. The molecule has 0 aliphatic carbocycles. The molecule has 0 rings (SSSR count). The maximum absolute atomic E-state index is 12.6. The van der Waals surface area contributed by atoms with Crippen LogP contribution in [0.5, 0.6) is 0 Å². The molecule has 1 amide bonds. The van der Waals surface area contributed by atoms with Crippen LogP contribution in [0.4, 0.5) is 0 Å². The van der Waals surface area contributed by atoms with Crippen molar-refractivity contribution in [2.45, 2.75) is 84.9 Å². The van der Waals surface area contributed by atoms with Crippen LogP contribution in [0.2, 0.25) is 58.9 Å². The molecule has 0 radical (unpaired) electrons. The van der Waals surface area contributed by atoms with Crippen LogP contribution in [0.25, 0.3) is 0 Å². The summed E-state index contributed by atoms with van der Waals surface area (Å²) in [6, 6.07) is 0. The molecule has 29 heavy (non-hydrogen) atoms. The molecule has 0 aromatic carbocycles. The molecular weight excluding hydrogens is 439 g/mol. The fraction of sp³-hybridized carbons (Fsp3) is 0.778. The monoisotopic (exact) mass is 479 g/mol. The third-order valence-electron chi connectivity index (χ3n) is 3.20. The first kappa shape index (κ1) is 28.4. The number of amides is 1. The van der Waals surface area contributed by atoms with Gasteiger partial charge in [0.05, 0.1) is 5.67 Å². The van der Waals surface area contributed by atoms with Gasteiger partial charge < -0.3 is 22.4 Å². The lowest BCUT2D eigenvalue weighted by Gasteiger charge is -2.46. The maximum Gasteiger partial charge on any atom is 0.493 e. The third kappa shape index (κ3) is 12.0. The first-order chi connectivity index (χ1) is 12.8. The Balaban J connectivity index is 5.90. The highest BCUT2D eigenvalue weighted by Gasteiger charge is 2.56. The van der Waals surface area contributed by atoms with E-state index in [1.165, 1.54) is 0 Å². The summed E-state index contributed by atoms with van der Waals surface area (Å²) in [6.07, 6.45) is 0.589. The largest absolute Gasteiger partial charge is 0.493 e. The van der Waals surface area contributed by atoms with Crippen molar-refractivity contribution in [3.63, 3.8) is 0 Å². The van der Waals surface area contributed by atoms with Crippen molar-refractivity contribution in [1.82, 2.24) is 5.32 Å². The number of nitrogens with one attached hydrogen (secondary N) is 1. The lowest BCUT2D eigenvalue weighted by molar-refractivity contribution is -0.144. The van der Waals surface area contributed by atoms with E-state index < -0.39 is 51.3 Å². The normalized spacial score (nSPS) is 14.3. The minimum Gasteiger partial charge on any atom is -0.452 e. The topological polar surface area (TPSA) is 83.1 Å². The van der Waals surface area contributed by atoms with E-state index in [2.05, 4.69) is 70.8 Å². The lowest BCUT2D eigenvalue weighted by Crippen LogP contribution is -2.70. The number of esters is 1. The molecule has 11 heteroatoms. The lowest BCUT2D eigenvalue weighted by atomic mass is 10.4. The molecule has 0 aliphatic heterocycles. The SMILES string of the molecule is C=C(C)C(=O)OCC(=O)NC(CC)[Si](O[Si](C)(C)C)(O[Si](C)(C)C)O[Si](C)(C)C. The first-order valence-corrected chi connectivity index (χ1v) is 22.1. The number of rotatable bonds is 12. The Hall–Kier alpha value is -0.572. The van der Waals surface area contributed by atoms with Gasteiger partial charge in [0.2, 0.25) is 0 Å². The quantitative estimate of drug-likeness (QED) is 0.258. The Kier molecular flexibility index (Phi) is 10.4. The summed E-state index contributed by atoms with van der Waals surface area (Å²) in [4.78, 5) is 24.2. The molecule has 0 spiro atoms. The number of ether oxygens (including phenoxy) is 1. The second kappa shape index (κ2) is 10.6. The predicted octanol–water partition coefficient (Wildman–Crippen LogP) is 4.03. The van der Waals surface area contributed by atoms with Gasteiger partial charge in [0.1, 0.15) is 0 Å². The second-order valence-corrected chi connectivity index (χ2v) is 27.2. The van der Waals surface area contributed by atoms with Crippen LogP contribution in [0, 0.1) is 0 Å². The average Bonchev–Trinajstić information content (AvgIpc) is 2.44. The van der Waals surface area contributed by atoms with Crippen LogP contribution in [0.15, 0.2) is 12.2 Å². The van der Waals surface area contributed by atoms with Crippen molar-refractivity contribution in [3.05, 3.63) is 12.2 Å². The van der Waals surface area contributed by atoms with E-state index in [0.29, 0.717) is 6.42 Å². The van der Waals surface area contributed by atoms with E-state index in [4.69, 9.17) is 17.1 Å². The fourth-order valence-electron chi connectivity index (χ4n) is 2.49. The third-order valence-corrected chi connectivity index (χ3v) is 15.4. The van der Waals surface area contributed by atoms with Crippen LogP contribution in [-0.2, 0) is 26.7 Å². The Bertz CT molecular complexity index is 552. The van der Waals surface area contributed by atoms with Gasteiger partial charge in [0.25, 0.3) is 5.91 Å². The zero-order chi connectivity index (χ0) is 23.3. The van der Waals surface area contributed by atoms with Crippen molar-refractivity contribution in [2.75, 3.05) is 6.61 Å². The molecule has 1 N–H and O–H groups in total. The molecule has 1 unspecified atom stereocenters. The van der Waals surface area contributed by atoms with Gasteiger partial charge in [-0.3, -0.25) is 4.79 Å². The van der Waals surface area contributed by atoms with Gasteiger partial charge in [-0.05, 0) is 72.3 Å². The second-order valence-electron chi connectivity index (χ2n) is 10.1. The summed E-state index contributed by atoms with van der Waals surface area (Å²) in [7, 11) is -9.47. The molecule has 0 saturated heterocycles. The zero-order valence-electron chi connectivity index (χ0n) is 20.1. The molecule has 0 saturated carbocycles. The number of hydrogen-bond acceptors (Lipinski definition) is 6. The zero-order valence-corrected chi connectivity index (χ0v) is 24.1.